The lowest BCUT2D eigenvalue weighted by Crippen LogP contribution is -2.22. The number of ketones is 1. The Hall–Kier alpha value is -2.39. The Morgan fingerprint density at radius 2 is 1.72 bits per heavy atom. The van der Waals surface area contributed by atoms with Gasteiger partial charge in [-0.15, -0.1) is 0 Å². The Kier molecular flexibility index (Phi) is 2.46. The molecule has 18 heavy (non-hydrogen) atoms. The van der Waals surface area contributed by atoms with Gasteiger partial charge in [-0.25, -0.2) is 5.06 Å². The Morgan fingerprint density at radius 1 is 0.944 bits per heavy atom. The predicted molar refractivity (Wildman–Crippen MR) is 70.1 cm³/mol. The number of hydrogen-bond acceptors (Lipinski definition) is 3. The van der Waals surface area contributed by atoms with Crippen LogP contribution in [0, 0.1) is 0 Å². The van der Waals surface area contributed by atoms with E-state index in [1.54, 1.807) is 24.3 Å². The highest BCUT2D eigenvalue weighted by atomic mass is 16.5. The van der Waals surface area contributed by atoms with E-state index in [4.69, 9.17) is 0 Å². The summed E-state index contributed by atoms with van der Waals surface area (Å²) in [6.07, 6.45) is 10.3. The van der Waals surface area contributed by atoms with E-state index in [2.05, 4.69) is 0 Å². The average molecular weight is 237 g/mol. The molecule has 1 heterocycles. The van der Waals surface area contributed by atoms with Gasteiger partial charge in [0.2, 0.25) is 0 Å². The molecule has 0 unspecified atom stereocenters. The summed E-state index contributed by atoms with van der Waals surface area (Å²) < 4.78 is 0. The van der Waals surface area contributed by atoms with Gasteiger partial charge < -0.3 is 0 Å². The van der Waals surface area contributed by atoms with Gasteiger partial charge in [0.1, 0.15) is 0 Å². The molecule has 0 atom stereocenters. The zero-order valence-electron chi connectivity index (χ0n) is 9.58. The summed E-state index contributed by atoms with van der Waals surface area (Å²) in [7, 11) is 0. The van der Waals surface area contributed by atoms with Gasteiger partial charge in [-0.3, -0.25) is 10.0 Å². The van der Waals surface area contributed by atoms with Crippen LogP contribution in [-0.2, 0) is 4.79 Å². The summed E-state index contributed by atoms with van der Waals surface area (Å²) in [5.74, 6) is -0.101. The number of rotatable bonds is 0. The molecule has 1 N–H and O–H groups in total. The summed E-state index contributed by atoms with van der Waals surface area (Å²) >= 11 is 0. The van der Waals surface area contributed by atoms with Crippen LogP contribution in [0.15, 0.2) is 65.9 Å². The Balaban J connectivity index is 2.13. The van der Waals surface area contributed by atoms with E-state index in [1.807, 2.05) is 30.3 Å². The Bertz CT molecular complexity index is 636. The minimum atomic E-state index is -0.101. The SMILES string of the molecule is O=C1C=CC=C/C1=C1/C=Cc2ccccc2N1O. The minimum absolute atomic E-state index is 0.101. The maximum atomic E-state index is 11.8. The largest absolute Gasteiger partial charge is 0.289 e. The number of carbonyl (C=O) groups excluding carboxylic acids is 1. The number of allylic oxidation sites excluding steroid dienone is 6. The smallest absolute Gasteiger partial charge is 0.188 e. The van der Waals surface area contributed by atoms with Gasteiger partial charge >= 0.3 is 0 Å². The maximum absolute atomic E-state index is 11.8. The van der Waals surface area contributed by atoms with Gasteiger partial charge in [-0.1, -0.05) is 36.4 Å². The molecule has 1 aromatic rings. The minimum Gasteiger partial charge on any atom is -0.289 e. The first-order valence-electron chi connectivity index (χ1n) is 5.67. The van der Waals surface area contributed by atoms with E-state index in [0.29, 0.717) is 17.0 Å². The zero-order chi connectivity index (χ0) is 12.5. The summed E-state index contributed by atoms with van der Waals surface area (Å²) in [5.41, 5.74) is 2.59. The third-order valence-electron chi connectivity index (χ3n) is 2.98. The Morgan fingerprint density at radius 3 is 2.56 bits per heavy atom. The Labute approximate surface area is 105 Å². The molecule has 0 amide bonds. The normalized spacial score (nSPS) is 21.4. The van der Waals surface area contributed by atoms with Crippen LogP contribution in [0.4, 0.5) is 5.69 Å². The van der Waals surface area contributed by atoms with Gasteiger partial charge in [-0.05, 0) is 24.3 Å². The number of hydrogen-bond donors (Lipinski definition) is 1. The second-order valence-electron chi connectivity index (χ2n) is 4.09. The van der Waals surface area contributed by atoms with Crippen molar-refractivity contribution in [3.8, 4) is 0 Å². The first kappa shape index (κ1) is 10.7. The van der Waals surface area contributed by atoms with Gasteiger partial charge in [-0.2, -0.15) is 0 Å². The number of nitrogens with zero attached hydrogens (tertiary/aromatic N) is 1. The predicted octanol–water partition coefficient (Wildman–Crippen LogP) is 2.86. The number of anilines is 1. The fraction of sp³-hybridized carbons (Fsp3) is 0. The molecule has 1 aliphatic carbocycles. The molecule has 0 bridgehead atoms. The van der Waals surface area contributed by atoms with Crippen molar-refractivity contribution in [2.75, 3.05) is 5.06 Å². The highest BCUT2D eigenvalue weighted by Gasteiger charge is 2.20. The van der Waals surface area contributed by atoms with Crippen molar-refractivity contribution in [3.05, 3.63) is 71.5 Å². The zero-order valence-corrected chi connectivity index (χ0v) is 9.58. The number of fused-ring (bicyclic) bond motifs is 1. The van der Waals surface area contributed by atoms with Crippen LogP contribution >= 0.6 is 0 Å². The van der Waals surface area contributed by atoms with Crippen molar-refractivity contribution in [1.82, 2.24) is 0 Å². The van der Waals surface area contributed by atoms with E-state index in [0.717, 1.165) is 10.6 Å². The highest BCUT2D eigenvalue weighted by Crippen LogP contribution is 2.31. The first-order chi connectivity index (χ1) is 8.77. The van der Waals surface area contributed by atoms with Crippen LogP contribution in [0.5, 0.6) is 0 Å². The van der Waals surface area contributed by atoms with Crippen molar-refractivity contribution < 1.29 is 10.0 Å². The molecule has 2 aliphatic rings. The lowest BCUT2D eigenvalue weighted by atomic mass is 10.00. The van der Waals surface area contributed by atoms with Gasteiger partial charge in [0.05, 0.1) is 11.4 Å². The molecular formula is C15H11NO2. The molecule has 3 nitrogen and oxygen atoms in total. The fourth-order valence-electron chi connectivity index (χ4n) is 2.07. The molecule has 1 aromatic carbocycles. The monoisotopic (exact) mass is 237 g/mol. The second-order valence-corrected chi connectivity index (χ2v) is 4.09. The third kappa shape index (κ3) is 1.61. The van der Waals surface area contributed by atoms with Crippen LogP contribution in [0.2, 0.25) is 0 Å². The molecule has 1 aliphatic heterocycles. The topological polar surface area (TPSA) is 40.5 Å². The standard InChI is InChI=1S/C15H11NO2/c17-15-8-4-2-6-12(15)14-10-9-11-5-1-3-7-13(11)16(14)18/h1-10,18H/b14-12+. The molecule has 0 spiro atoms. The summed E-state index contributed by atoms with van der Waals surface area (Å²) in [6, 6.07) is 7.48. The van der Waals surface area contributed by atoms with Crippen LogP contribution in [0.3, 0.4) is 0 Å². The molecule has 3 heteroatoms. The lowest BCUT2D eigenvalue weighted by molar-refractivity contribution is -0.111. The van der Waals surface area contributed by atoms with Crippen LogP contribution in [0.1, 0.15) is 5.56 Å². The highest BCUT2D eigenvalue weighted by molar-refractivity contribution is 6.09. The molecule has 0 aromatic heterocycles. The van der Waals surface area contributed by atoms with Crippen molar-refractivity contribution in [2.24, 2.45) is 0 Å². The van der Waals surface area contributed by atoms with Crippen LogP contribution in [-0.4, -0.2) is 11.0 Å². The molecule has 0 saturated heterocycles. The van der Waals surface area contributed by atoms with Gasteiger partial charge in [0, 0.05) is 11.1 Å². The summed E-state index contributed by atoms with van der Waals surface area (Å²) in [6.45, 7) is 0. The van der Waals surface area contributed by atoms with E-state index < -0.39 is 0 Å². The molecule has 3 rings (SSSR count). The van der Waals surface area contributed by atoms with E-state index in [1.165, 1.54) is 6.08 Å². The number of carbonyl (C=O) groups is 1. The molecule has 88 valence electrons. The first-order valence-corrected chi connectivity index (χ1v) is 5.67. The molecule has 0 fully saturated rings. The van der Waals surface area contributed by atoms with Gasteiger partial charge in [0.25, 0.3) is 0 Å². The van der Waals surface area contributed by atoms with Crippen molar-refractivity contribution in [2.45, 2.75) is 0 Å². The lowest BCUT2D eigenvalue weighted by Gasteiger charge is -2.25. The van der Waals surface area contributed by atoms with Gasteiger partial charge in [0.15, 0.2) is 5.78 Å². The third-order valence-corrected chi connectivity index (χ3v) is 2.98. The number of para-hydroxylation sites is 1. The van der Waals surface area contributed by atoms with Crippen LogP contribution in [0.25, 0.3) is 6.08 Å². The van der Waals surface area contributed by atoms with Crippen molar-refractivity contribution in [1.29, 1.82) is 0 Å². The summed E-state index contributed by atoms with van der Waals surface area (Å²) in [5, 5.41) is 11.3. The van der Waals surface area contributed by atoms with Crippen molar-refractivity contribution >= 4 is 17.5 Å². The van der Waals surface area contributed by atoms with E-state index in [-0.39, 0.29) is 5.78 Å². The van der Waals surface area contributed by atoms with E-state index in [9.17, 15) is 10.0 Å². The molecule has 0 radical (unpaired) electrons. The van der Waals surface area contributed by atoms with Crippen LogP contribution < -0.4 is 5.06 Å². The molecule has 0 saturated carbocycles. The molecular weight excluding hydrogens is 226 g/mol. The van der Waals surface area contributed by atoms with Crippen molar-refractivity contribution in [3.63, 3.8) is 0 Å². The maximum Gasteiger partial charge on any atom is 0.188 e. The quantitative estimate of drug-likeness (QED) is 0.705. The summed E-state index contributed by atoms with van der Waals surface area (Å²) in [4.78, 5) is 11.8. The number of hydroxylamine groups is 1. The average Bonchev–Trinajstić information content (AvgIpc) is 2.41. The second kappa shape index (κ2) is 4.13. The van der Waals surface area contributed by atoms with E-state index >= 15 is 0 Å². The fourth-order valence-corrected chi connectivity index (χ4v) is 2.07. The number of benzene rings is 1.